The minimum Gasteiger partial charge on any atom is -0.468 e. The molecule has 2 aromatic heterocycles. The van der Waals surface area contributed by atoms with Gasteiger partial charge in [-0.15, -0.1) is 0 Å². The van der Waals surface area contributed by atoms with Gasteiger partial charge in [-0.1, -0.05) is 0 Å². The first-order chi connectivity index (χ1) is 14.5. The fourth-order valence-corrected chi connectivity index (χ4v) is 3.50. The van der Waals surface area contributed by atoms with Crippen LogP contribution in [0.15, 0.2) is 12.7 Å². The number of thiocarbonyl (C=S) groups is 1. The highest BCUT2D eigenvalue weighted by molar-refractivity contribution is 7.80. The summed E-state index contributed by atoms with van der Waals surface area (Å²) in [5, 5.41) is 6.35. The van der Waals surface area contributed by atoms with Gasteiger partial charge in [0.05, 0.1) is 19.0 Å². The van der Waals surface area contributed by atoms with E-state index < -0.39 is 24.4 Å². The maximum atomic E-state index is 11.6. The SMILES string of the molecule is CNC(=S)OC[C@H]1[CH][C@@H](OC(C)=O)[C@H](n2cnc3c(N[C@@H]4CCOC4)ncnc32)O1. The average molecular weight is 435 g/mol. The molecule has 0 saturated carbocycles. The first-order valence-electron chi connectivity index (χ1n) is 9.59. The second-order valence-electron chi connectivity index (χ2n) is 6.93. The van der Waals surface area contributed by atoms with Crippen molar-refractivity contribution in [3.05, 3.63) is 19.1 Å². The van der Waals surface area contributed by atoms with Crippen molar-refractivity contribution < 1.29 is 23.7 Å². The highest BCUT2D eigenvalue weighted by atomic mass is 32.1. The fraction of sp³-hybridized carbons (Fsp3) is 0.556. The number of imidazole rings is 1. The number of nitrogens with one attached hydrogen (secondary N) is 2. The lowest BCUT2D eigenvalue weighted by atomic mass is 10.2. The van der Waals surface area contributed by atoms with Crippen LogP contribution in [0.1, 0.15) is 19.6 Å². The molecule has 1 radical (unpaired) electrons. The third-order valence-corrected chi connectivity index (χ3v) is 5.11. The van der Waals surface area contributed by atoms with Gasteiger partial charge in [0.25, 0.3) is 5.17 Å². The normalized spacial score (nSPS) is 25.9. The number of esters is 1. The van der Waals surface area contributed by atoms with Crippen molar-refractivity contribution in [3.63, 3.8) is 0 Å². The molecule has 2 N–H and O–H groups in total. The number of anilines is 1. The minimum absolute atomic E-state index is 0.177. The molecule has 0 amide bonds. The van der Waals surface area contributed by atoms with Gasteiger partial charge in [-0.2, -0.15) is 0 Å². The molecule has 0 unspecified atom stereocenters. The Morgan fingerprint density at radius 3 is 3.00 bits per heavy atom. The Morgan fingerprint density at radius 1 is 1.40 bits per heavy atom. The topological polar surface area (TPSA) is 122 Å². The number of carbonyl (C=O) groups is 1. The molecule has 30 heavy (non-hydrogen) atoms. The van der Waals surface area contributed by atoms with E-state index in [2.05, 4.69) is 25.6 Å². The summed E-state index contributed by atoms with van der Waals surface area (Å²) in [6.45, 7) is 2.88. The van der Waals surface area contributed by atoms with E-state index in [0.29, 0.717) is 23.6 Å². The summed E-state index contributed by atoms with van der Waals surface area (Å²) in [6.07, 6.45) is 4.03. The molecule has 12 heteroatoms. The third-order valence-electron chi connectivity index (χ3n) is 4.79. The molecule has 2 aliphatic heterocycles. The predicted octanol–water partition coefficient (Wildman–Crippen LogP) is 0.581. The van der Waals surface area contributed by atoms with Crippen molar-refractivity contribution in [1.82, 2.24) is 24.8 Å². The van der Waals surface area contributed by atoms with Gasteiger partial charge in [0, 0.05) is 27.0 Å². The van der Waals surface area contributed by atoms with Gasteiger partial charge < -0.3 is 29.6 Å². The monoisotopic (exact) mass is 435 g/mol. The minimum atomic E-state index is -0.645. The smallest absolute Gasteiger partial charge is 0.303 e. The van der Waals surface area contributed by atoms with Crippen LogP contribution in [0.5, 0.6) is 0 Å². The summed E-state index contributed by atoms with van der Waals surface area (Å²) in [6, 6.07) is 0.177. The lowest BCUT2D eigenvalue weighted by Gasteiger charge is -2.20. The Hall–Kier alpha value is -2.57. The second-order valence-corrected chi connectivity index (χ2v) is 7.30. The third kappa shape index (κ3) is 4.45. The maximum Gasteiger partial charge on any atom is 0.303 e. The molecular weight excluding hydrogens is 412 g/mol. The summed E-state index contributed by atoms with van der Waals surface area (Å²) < 4.78 is 24.1. The van der Waals surface area contributed by atoms with Gasteiger partial charge in [0.1, 0.15) is 19.0 Å². The van der Waals surface area contributed by atoms with E-state index >= 15 is 0 Å². The van der Waals surface area contributed by atoms with Crippen molar-refractivity contribution in [2.45, 2.75) is 37.8 Å². The van der Waals surface area contributed by atoms with Gasteiger partial charge in [-0.25, -0.2) is 15.0 Å². The zero-order valence-corrected chi connectivity index (χ0v) is 17.4. The predicted molar refractivity (Wildman–Crippen MR) is 110 cm³/mol. The summed E-state index contributed by atoms with van der Waals surface area (Å²) in [7, 11) is 1.67. The van der Waals surface area contributed by atoms with Crippen molar-refractivity contribution >= 4 is 40.3 Å². The number of nitrogens with zero attached hydrogens (tertiary/aromatic N) is 4. The van der Waals surface area contributed by atoms with Crippen LogP contribution in [0.2, 0.25) is 0 Å². The Bertz CT molecular complexity index is 918. The molecule has 0 aromatic carbocycles. The maximum absolute atomic E-state index is 11.6. The molecule has 0 spiro atoms. The van der Waals surface area contributed by atoms with E-state index in [1.807, 2.05) is 0 Å². The molecule has 4 rings (SSSR count). The Morgan fingerprint density at radius 2 is 2.27 bits per heavy atom. The number of hydrogen-bond acceptors (Lipinski definition) is 10. The summed E-state index contributed by atoms with van der Waals surface area (Å²) in [5.41, 5.74) is 1.17. The number of rotatable bonds is 6. The first-order valence-corrected chi connectivity index (χ1v) is 10.00. The molecule has 11 nitrogen and oxygen atoms in total. The largest absolute Gasteiger partial charge is 0.468 e. The Labute approximate surface area is 178 Å². The van der Waals surface area contributed by atoms with Crippen LogP contribution in [0.25, 0.3) is 11.2 Å². The van der Waals surface area contributed by atoms with E-state index in [0.717, 1.165) is 13.0 Å². The second kappa shape index (κ2) is 9.06. The lowest BCUT2D eigenvalue weighted by molar-refractivity contribution is -0.151. The van der Waals surface area contributed by atoms with Crippen molar-refractivity contribution in [2.24, 2.45) is 0 Å². The van der Waals surface area contributed by atoms with Gasteiger partial charge in [-0.3, -0.25) is 9.36 Å². The Balaban J connectivity index is 1.56. The van der Waals surface area contributed by atoms with Crippen molar-refractivity contribution in [3.8, 4) is 0 Å². The number of hydrogen-bond donors (Lipinski definition) is 2. The van der Waals surface area contributed by atoms with Crippen LogP contribution in [0.4, 0.5) is 5.82 Å². The van der Waals surface area contributed by atoms with Crippen LogP contribution >= 0.6 is 12.2 Å². The Kier molecular flexibility index (Phi) is 6.25. The molecule has 2 saturated heterocycles. The highest BCUT2D eigenvalue weighted by Crippen LogP contribution is 2.33. The molecule has 4 heterocycles. The number of carbonyl (C=O) groups excluding carboxylic acids is 1. The molecular formula is C18H23N6O5S. The molecule has 2 aliphatic rings. The first kappa shape index (κ1) is 20.7. The zero-order chi connectivity index (χ0) is 21.1. The van der Waals surface area contributed by atoms with E-state index in [1.54, 1.807) is 24.4 Å². The number of fused-ring (bicyclic) bond motifs is 1. The van der Waals surface area contributed by atoms with Crippen LogP contribution in [0.3, 0.4) is 0 Å². The molecule has 0 aliphatic carbocycles. The van der Waals surface area contributed by atoms with Gasteiger partial charge >= 0.3 is 5.97 Å². The molecule has 2 fully saturated rings. The van der Waals surface area contributed by atoms with Crippen LogP contribution in [0, 0.1) is 6.42 Å². The van der Waals surface area contributed by atoms with Gasteiger partial charge in [0.15, 0.2) is 29.3 Å². The molecule has 161 valence electrons. The molecule has 2 aromatic rings. The summed E-state index contributed by atoms with van der Waals surface area (Å²) in [4.78, 5) is 24.8. The quantitative estimate of drug-likeness (QED) is 0.489. The van der Waals surface area contributed by atoms with E-state index in [-0.39, 0.29) is 17.8 Å². The summed E-state index contributed by atoms with van der Waals surface area (Å²) in [5.74, 6) is 0.208. The molecule has 0 bridgehead atoms. The standard InChI is InChI=1S/C18H23N6O5S/c1-10(25)28-13-5-12(7-27-18(30)19-2)29-17(13)24-9-22-14-15(20-8-21-16(14)24)23-11-3-4-26-6-11/h5,8-9,11-13,17H,3-4,6-7H2,1-2H3,(H,19,30)(H,20,21,23)/t11-,12-,13-,17-/m1/s1. The van der Waals surface area contributed by atoms with Gasteiger partial charge in [0.2, 0.25) is 0 Å². The zero-order valence-electron chi connectivity index (χ0n) is 16.6. The highest BCUT2D eigenvalue weighted by Gasteiger charge is 2.40. The van der Waals surface area contributed by atoms with E-state index in [1.165, 1.54) is 13.3 Å². The fourth-order valence-electron chi connectivity index (χ4n) is 3.43. The molecule has 4 atom stereocenters. The number of ether oxygens (including phenoxy) is 4. The van der Waals surface area contributed by atoms with E-state index in [4.69, 9.17) is 31.2 Å². The van der Waals surface area contributed by atoms with Crippen LogP contribution in [-0.2, 0) is 23.7 Å². The lowest BCUT2D eigenvalue weighted by Crippen LogP contribution is -2.25. The summed E-state index contributed by atoms with van der Waals surface area (Å²) >= 11 is 5.00. The van der Waals surface area contributed by atoms with Crippen LogP contribution in [-0.4, -0.2) is 75.8 Å². The van der Waals surface area contributed by atoms with Crippen LogP contribution < -0.4 is 10.6 Å². The van der Waals surface area contributed by atoms with Crippen molar-refractivity contribution in [1.29, 1.82) is 0 Å². The number of aromatic nitrogens is 4. The van der Waals surface area contributed by atoms with E-state index in [9.17, 15) is 4.79 Å². The van der Waals surface area contributed by atoms with Gasteiger partial charge in [-0.05, 0) is 18.6 Å². The average Bonchev–Trinajstić information content (AvgIpc) is 3.46. The van der Waals surface area contributed by atoms with Crippen molar-refractivity contribution in [2.75, 3.05) is 32.2 Å².